The molecule has 0 radical (unpaired) electrons. The topological polar surface area (TPSA) is 78.5 Å². The number of amides is 4. The first-order valence-electron chi connectivity index (χ1n) is 8.48. The lowest BCUT2D eigenvalue weighted by Crippen LogP contribution is -2.42. The largest absolute Gasteiger partial charge is 0.325 e. The summed E-state index contributed by atoms with van der Waals surface area (Å²) in [5, 5.41) is 5.91. The molecule has 2 aromatic carbocycles. The van der Waals surface area contributed by atoms with Crippen molar-refractivity contribution in [2.75, 3.05) is 11.9 Å². The van der Waals surface area contributed by atoms with E-state index < -0.39 is 23.4 Å². The summed E-state index contributed by atoms with van der Waals surface area (Å²) in [6, 6.07) is 11.9. The minimum Gasteiger partial charge on any atom is -0.324 e. The van der Waals surface area contributed by atoms with E-state index in [0.29, 0.717) is 21.8 Å². The highest BCUT2D eigenvalue weighted by Gasteiger charge is 2.49. The zero-order chi connectivity index (χ0) is 19.8. The van der Waals surface area contributed by atoms with E-state index in [0.717, 1.165) is 10.5 Å². The van der Waals surface area contributed by atoms with Crippen LogP contribution in [0.4, 0.5) is 10.5 Å². The standard InChI is InChI=1S/C20H20ClN3O3/c1-12-7-9-14(10-8-12)20(3)18(26)24(19(27)23-20)11-17(25)22-16-6-4-5-15(21)13(16)2/h4-10H,11H2,1-3H3,(H,22,25)(H,23,27)/t20-/m0/s1. The lowest BCUT2D eigenvalue weighted by molar-refractivity contribution is -0.133. The van der Waals surface area contributed by atoms with Gasteiger partial charge in [0.1, 0.15) is 12.1 Å². The van der Waals surface area contributed by atoms with Crippen LogP contribution < -0.4 is 10.6 Å². The second-order valence-corrected chi connectivity index (χ2v) is 7.18. The van der Waals surface area contributed by atoms with Crippen molar-refractivity contribution < 1.29 is 14.4 Å². The molecule has 0 aromatic heterocycles. The molecule has 4 amide bonds. The molecule has 0 aliphatic carbocycles. The van der Waals surface area contributed by atoms with Crippen molar-refractivity contribution in [3.8, 4) is 0 Å². The third-order valence-electron chi connectivity index (χ3n) is 4.75. The summed E-state index contributed by atoms with van der Waals surface area (Å²) in [5.41, 5.74) is 1.78. The van der Waals surface area contributed by atoms with Gasteiger partial charge in [0.05, 0.1) is 0 Å². The number of benzene rings is 2. The van der Waals surface area contributed by atoms with Crippen molar-refractivity contribution in [3.05, 3.63) is 64.2 Å². The number of hydrogen-bond acceptors (Lipinski definition) is 3. The van der Waals surface area contributed by atoms with Gasteiger partial charge in [-0.3, -0.25) is 14.5 Å². The Morgan fingerprint density at radius 1 is 1.15 bits per heavy atom. The summed E-state index contributed by atoms with van der Waals surface area (Å²) in [4.78, 5) is 38.5. The van der Waals surface area contributed by atoms with Gasteiger partial charge in [-0.2, -0.15) is 0 Å². The summed E-state index contributed by atoms with van der Waals surface area (Å²) in [5.74, 6) is -0.939. The fraction of sp³-hybridized carbons (Fsp3) is 0.250. The van der Waals surface area contributed by atoms with Crippen LogP contribution in [0.3, 0.4) is 0 Å². The van der Waals surface area contributed by atoms with E-state index in [1.54, 1.807) is 44.2 Å². The van der Waals surface area contributed by atoms with Gasteiger partial charge in [-0.25, -0.2) is 4.79 Å². The third kappa shape index (κ3) is 3.53. The Kier molecular flexibility index (Phi) is 4.93. The van der Waals surface area contributed by atoms with Crippen LogP contribution in [-0.4, -0.2) is 29.3 Å². The molecule has 0 bridgehead atoms. The number of aryl methyl sites for hydroxylation is 1. The van der Waals surface area contributed by atoms with Gasteiger partial charge < -0.3 is 10.6 Å². The highest BCUT2D eigenvalue weighted by molar-refractivity contribution is 6.31. The Balaban J connectivity index is 1.76. The first-order valence-corrected chi connectivity index (χ1v) is 8.86. The zero-order valence-electron chi connectivity index (χ0n) is 15.3. The molecule has 1 heterocycles. The van der Waals surface area contributed by atoms with Crippen LogP contribution in [0.25, 0.3) is 0 Å². The summed E-state index contributed by atoms with van der Waals surface area (Å²) in [6.07, 6.45) is 0. The molecule has 7 heteroatoms. The van der Waals surface area contributed by atoms with Crippen LogP contribution in [0.1, 0.15) is 23.6 Å². The lowest BCUT2D eigenvalue weighted by atomic mass is 9.91. The molecule has 0 spiro atoms. The average molecular weight is 386 g/mol. The molecule has 1 atom stereocenters. The Morgan fingerprint density at radius 2 is 1.81 bits per heavy atom. The smallest absolute Gasteiger partial charge is 0.324 e. The molecule has 1 fully saturated rings. The summed E-state index contributed by atoms with van der Waals surface area (Å²) < 4.78 is 0. The molecule has 1 aliphatic heterocycles. The predicted molar refractivity (Wildman–Crippen MR) is 104 cm³/mol. The van der Waals surface area contributed by atoms with Gasteiger partial charge in [0, 0.05) is 10.7 Å². The molecule has 6 nitrogen and oxygen atoms in total. The van der Waals surface area contributed by atoms with E-state index in [1.807, 2.05) is 19.1 Å². The highest BCUT2D eigenvalue weighted by Crippen LogP contribution is 2.29. The molecule has 1 saturated heterocycles. The number of rotatable bonds is 4. The zero-order valence-corrected chi connectivity index (χ0v) is 16.1. The maximum Gasteiger partial charge on any atom is 0.325 e. The van der Waals surface area contributed by atoms with Crippen LogP contribution in [0.15, 0.2) is 42.5 Å². The lowest BCUT2D eigenvalue weighted by Gasteiger charge is -2.22. The minimum absolute atomic E-state index is 0.377. The normalized spacial score (nSPS) is 19.2. The number of urea groups is 1. The summed E-state index contributed by atoms with van der Waals surface area (Å²) >= 11 is 6.05. The van der Waals surface area contributed by atoms with Gasteiger partial charge in [-0.15, -0.1) is 0 Å². The monoisotopic (exact) mass is 385 g/mol. The minimum atomic E-state index is -1.20. The van der Waals surface area contributed by atoms with Gasteiger partial charge >= 0.3 is 6.03 Å². The Labute approximate surface area is 162 Å². The van der Waals surface area contributed by atoms with Gasteiger partial charge in [0.15, 0.2) is 0 Å². The van der Waals surface area contributed by atoms with Crippen LogP contribution in [-0.2, 0) is 15.1 Å². The number of carbonyl (C=O) groups is 3. The van der Waals surface area contributed by atoms with E-state index in [1.165, 1.54) is 0 Å². The number of nitrogens with one attached hydrogen (secondary N) is 2. The second-order valence-electron chi connectivity index (χ2n) is 6.77. The van der Waals surface area contributed by atoms with Gasteiger partial charge in [0.25, 0.3) is 5.91 Å². The molecule has 140 valence electrons. The molecular formula is C20H20ClN3O3. The molecular weight excluding hydrogens is 366 g/mol. The number of hydrogen-bond donors (Lipinski definition) is 2. The molecule has 27 heavy (non-hydrogen) atoms. The summed E-state index contributed by atoms with van der Waals surface area (Å²) in [6.45, 7) is 4.98. The Morgan fingerprint density at radius 3 is 2.48 bits per heavy atom. The first kappa shape index (κ1) is 18.9. The number of anilines is 1. The van der Waals surface area contributed by atoms with Crippen molar-refractivity contribution in [1.82, 2.24) is 10.2 Å². The van der Waals surface area contributed by atoms with Crippen molar-refractivity contribution in [2.45, 2.75) is 26.3 Å². The van der Waals surface area contributed by atoms with Gasteiger partial charge in [0.2, 0.25) is 5.91 Å². The van der Waals surface area contributed by atoms with Crippen molar-refractivity contribution >= 4 is 35.1 Å². The number of carbonyl (C=O) groups excluding carboxylic acids is 3. The molecule has 1 aliphatic rings. The number of nitrogens with zero attached hydrogens (tertiary/aromatic N) is 1. The molecule has 3 rings (SSSR count). The van der Waals surface area contributed by atoms with Crippen LogP contribution in [0.2, 0.25) is 5.02 Å². The summed E-state index contributed by atoms with van der Waals surface area (Å²) in [7, 11) is 0. The van der Waals surface area contributed by atoms with Crippen molar-refractivity contribution in [3.63, 3.8) is 0 Å². The highest BCUT2D eigenvalue weighted by atomic mass is 35.5. The van der Waals surface area contributed by atoms with Crippen LogP contribution in [0, 0.1) is 13.8 Å². The SMILES string of the molecule is Cc1ccc([C@]2(C)NC(=O)N(CC(=O)Nc3cccc(Cl)c3C)C2=O)cc1. The maximum atomic E-state index is 12.9. The van der Waals surface area contributed by atoms with E-state index >= 15 is 0 Å². The van der Waals surface area contributed by atoms with Crippen LogP contribution in [0.5, 0.6) is 0 Å². The maximum absolute atomic E-state index is 12.9. The van der Waals surface area contributed by atoms with Crippen molar-refractivity contribution in [1.29, 1.82) is 0 Å². The van der Waals surface area contributed by atoms with Crippen LogP contribution >= 0.6 is 11.6 Å². The molecule has 2 aromatic rings. The average Bonchev–Trinajstić information content (AvgIpc) is 2.83. The number of imide groups is 1. The fourth-order valence-corrected chi connectivity index (χ4v) is 3.17. The van der Waals surface area contributed by atoms with Crippen molar-refractivity contribution in [2.24, 2.45) is 0 Å². The van der Waals surface area contributed by atoms with E-state index in [-0.39, 0.29) is 6.54 Å². The first-order chi connectivity index (χ1) is 12.7. The molecule has 0 saturated carbocycles. The van der Waals surface area contributed by atoms with E-state index in [9.17, 15) is 14.4 Å². The predicted octanol–water partition coefficient (Wildman–Crippen LogP) is 3.36. The molecule has 2 N–H and O–H groups in total. The van der Waals surface area contributed by atoms with Gasteiger partial charge in [-0.1, -0.05) is 47.5 Å². The third-order valence-corrected chi connectivity index (χ3v) is 5.16. The van der Waals surface area contributed by atoms with E-state index in [4.69, 9.17) is 11.6 Å². The quantitative estimate of drug-likeness (QED) is 0.792. The molecule has 0 unspecified atom stereocenters. The van der Waals surface area contributed by atoms with E-state index in [2.05, 4.69) is 10.6 Å². The number of halogens is 1. The Bertz CT molecular complexity index is 927. The van der Waals surface area contributed by atoms with Gasteiger partial charge in [-0.05, 0) is 44.0 Å². The Hall–Kier alpha value is -2.86. The fourth-order valence-electron chi connectivity index (χ4n) is 3.00. The second kappa shape index (κ2) is 7.04.